The summed E-state index contributed by atoms with van der Waals surface area (Å²) < 4.78 is 0. The maximum absolute atomic E-state index is 3.26. The van der Waals surface area contributed by atoms with E-state index in [1.807, 2.05) is 12.3 Å². The molecule has 0 saturated heterocycles. The number of H-pyrrole nitrogens is 1. The Morgan fingerprint density at radius 3 is 3.00 bits per heavy atom. The van der Waals surface area contributed by atoms with E-state index >= 15 is 0 Å². The van der Waals surface area contributed by atoms with E-state index in [-0.39, 0.29) is 0 Å². The molecule has 0 amide bonds. The van der Waals surface area contributed by atoms with Crippen LogP contribution in [0, 0.1) is 6.08 Å². The van der Waals surface area contributed by atoms with Gasteiger partial charge in [0, 0.05) is 11.9 Å². The van der Waals surface area contributed by atoms with Gasteiger partial charge in [0.05, 0.1) is 0 Å². The summed E-state index contributed by atoms with van der Waals surface area (Å²) in [5.41, 5.74) is 3.76. The van der Waals surface area contributed by atoms with E-state index < -0.39 is 0 Å². The zero-order valence-electron chi connectivity index (χ0n) is 6.52. The van der Waals surface area contributed by atoms with Crippen molar-refractivity contribution in [3.63, 3.8) is 0 Å². The number of aromatic amines is 1. The normalized spacial score (nSPS) is 16.5. The highest BCUT2D eigenvalue weighted by atomic mass is 14.7. The predicted molar refractivity (Wildman–Crippen MR) is 45.8 cm³/mol. The standard InChI is InChI=1S/C10H10N/c1-8-4-2-5-9(8)10-6-3-7-11-10/h3,5-7,11H,2H2,1H3. The molecular weight excluding hydrogens is 134 g/mol. The van der Waals surface area contributed by atoms with Crippen molar-refractivity contribution < 1.29 is 0 Å². The van der Waals surface area contributed by atoms with Crippen molar-refractivity contribution in [2.24, 2.45) is 0 Å². The quantitative estimate of drug-likeness (QED) is 0.623. The molecule has 1 aliphatic rings. The molecule has 0 aliphatic heterocycles. The van der Waals surface area contributed by atoms with Crippen LogP contribution in [0.5, 0.6) is 0 Å². The Balaban J connectivity index is 2.38. The Hall–Kier alpha value is -1.24. The zero-order valence-corrected chi connectivity index (χ0v) is 6.52. The summed E-state index contributed by atoms with van der Waals surface area (Å²) >= 11 is 0. The third-order valence-electron chi connectivity index (χ3n) is 1.97. The lowest BCUT2D eigenvalue weighted by atomic mass is 10.1. The molecule has 2 rings (SSSR count). The zero-order chi connectivity index (χ0) is 7.68. The van der Waals surface area contributed by atoms with E-state index in [1.54, 1.807) is 0 Å². The first-order valence-corrected chi connectivity index (χ1v) is 3.79. The van der Waals surface area contributed by atoms with Crippen molar-refractivity contribution in [3.8, 4) is 0 Å². The van der Waals surface area contributed by atoms with Gasteiger partial charge in [-0.1, -0.05) is 6.08 Å². The molecule has 1 aliphatic carbocycles. The van der Waals surface area contributed by atoms with Crippen molar-refractivity contribution in [3.05, 3.63) is 41.7 Å². The van der Waals surface area contributed by atoms with Gasteiger partial charge in [-0.05, 0) is 42.7 Å². The summed E-state index contributed by atoms with van der Waals surface area (Å²) in [6.45, 7) is 2.10. The van der Waals surface area contributed by atoms with Gasteiger partial charge < -0.3 is 4.98 Å². The van der Waals surface area contributed by atoms with Crippen LogP contribution in [-0.2, 0) is 0 Å². The Bertz CT molecular complexity index is 302. The fourth-order valence-electron chi connectivity index (χ4n) is 1.36. The van der Waals surface area contributed by atoms with Gasteiger partial charge in [-0.25, -0.2) is 0 Å². The van der Waals surface area contributed by atoms with Crippen LogP contribution in [0.25, 0.3) is 5.57 Å². The molecule has 0 bridgehead atoms. The van der Waals surface area contributed by atoms with Crippen LogP contribution < -0.4 is 0 Å². The van der Waals surface area contributed by atoms with Gasteiger partial charge in [-0.15, -0.1) is 0 Å². The van der Waals surface area contributed by atoms with Gasteiger partial charge in [0.2, 0.25) is 0 Å². The molecule has 1 heterocycles. The van der Waals surface area contributed by atoms with E-state index in [1.165, 1.54) is 16.8 Å². The number of nitrogens with one attached hydrogen (secondary N) is 1. The Labute approximate surface area is 66.4 Å². The average Bonchev–Trinajstić information content (AvgIpc) is 2.55. The first kappa shape index (κ1) is 6.47. The van der Waals surface area contributed by atoms with Crippen LogP contribution in [0.3, 0.4) is 0 Å². The second-order valence-electron chi connectivity index (χ2n) is 2.71. The van der Waals surface area contributed by atoms with Crippen LogP contribution in [0.4, 0.5) is 0 Å². The molecule has 1 heteroatoms. The lowest BCUT2D eigenvalue weighted by Crippen LogP contribution is -1.81. The molecule has 0 saturated carbocycles. The summed E-state index contributed by atoms with van der Waals surface area (Å²) in [6.07, 6.45) is 8.36. The third-order valence-corrected chi connectivity index (χ3v) is 1.97. The fourth-order valence-corrected chi connectivity index (χ4v) is 1.36. The molecule has 1 nitrogen and oxygen atoms in total. The number of hydrogen-bond acceptors (Lipinski definition) is 0. The molecule has 11 heavy (non-hydrogen) atoms. The molecule has 55 valence electrons. The van der Waals surface area contributed by atoms with Crippen LogP contribution in [0.1, 0.15) is 19.0 Å². The minimum Gasteiger partial charge on any atom is -0.361 e. The van der Waals surface area contributed by atoms with E-state index in [0.717, 1.165) is 6.42 Å². The molecule has 0 spiro atoms. The first-order chi connectivity index (χ1) is 5.38. The van der Waals surface area contributed by atoms with Crippen molar-refractivity contribution in [2.45, 2.75) is 13.3 Å². The van der Waals surface area contributed by atoms with E-state index in [4.69, 9.17) is 0 Å². The average molecular weight is 144 g/mol. The Morgan fingerprint density at radius 1 is 1.55 bits per heavy atom. The molecule has 0 atom stereocenters. The Kier molecular flexibility index (Phi) is 1.42. The maximum atomic E-state index is 3.26. The smallest absolute Gasteiger partial charge is 0.0453 e. The predicted octanol–water partition coefficient (Wildman–Crippen LogP) is 2.55. The summed E-state index contributed by atoms with van der Waals surface area (Å²) in [4.78, 5) is 3.18. The van der Waals surface area contributed by atoms with E-state index in [2.05, 4.69) is 30.1 Å². The molecular formula is C10H10N. The van der Waals surface area contributed by atoms with Crippen molar-refractivity contribution in [1.29, 1.82) is 0 Å². The van der Waals surface area contributed by atoms with E-state index in [9.17, 15) is 0 Å². The number of rotatable bonds is 1. The van der Waals surface area contributed by atoms with Gasteiger partial charge >= 0.3 is 0 Å². The summed E-state index contributed by atoms with van der Waals surface area (Å²) in [6, 6.07) is 4.10. The van der Waals surface area contributed by atoms with Crippen molar-refractivity contribution in [1.82, 2.24) is 4.98 Å². The van der Waals surface area contributed by atoms with Gasteiger partial charge in [-0.3, -0.25) is 0 Å². The van der Waals surface area contributed by atoms with Gasteiger partial charge in [-0.2, -0.15) is 0 Å². The van der Waals surface area contributed by atoms with Gasteiger partial charge in [0.15, 0.2) is 0 Å². The second kappa shape index (κ2) is 2.42. The van der Waals surface area contributed by atoms with E-state index in [0.29, 0.717) is 0 Å². The highest BCUT2D eigenvalue weighted by Gasteiger charge is 2.07. The summed E-state index contributed by atoms with van der Waals surface area (Å²) in [5, 5.41) is 0. The molecule has 1 N–H and O–H groups in total. The fraction of sp³-hybridized carbons (Fsp3) is 0.200. The molecule has 0 fully saturated rings. The summed E-state index contributed by atoms with van der Waals surface area (Å²) in [7, 11) is 0. The minimum absolute atomic E-state index is 0.959. The molecule has 1 radical (unpaired) electrons. The third kappa shape index (κ3) is 1.03. The lowest BCUT2D eigenvalue weighted by Gasteiger charge is -1.98. The number of allylic oxidation sites excluding steroid dienone is 4. The van der Waals surface area contributed by atoms with Crippen LogP contribution in [0.15, 0.2) is 30.0 Å². The molecule has 0 aromatic carbocycles. The highest BCUT2D eigenvalue weighted by molar-refractivity contribution is 5.77. The molecule has 1 aromatic heterocycles. The Morgan fingerprint density at radius 2 is 2.45 bits per heavy atom. The molecule has 1 aromatic rings. The number of aromatic nitrogens is 1. The van der Waals surface area contributed by atoms with Crippen LogP contribution >= 0.6 is 0 Å². The summed E-state index contributed by atoms with van der Waals surface area (Å²) in [5.74, 6) is 0. The first-order valence-electron chi connectivity index (χ1n) is 3.79. The van der Waals surface area contributed by atoms with Gasteiger partial charge in [0.25, 0.3) is 0 Å². The maximum Gasteiger partial charge on any atom is 0.0453 e. The van der Waals surface area contributed by atoms with Crippen LogP contribution in [-0.4, -0.2) is 4.98 Å². The highest BCUT2D eigenvalue weighted by Crippen LogP contribution is 2.26. The van der Waals surface area contributed by atoms with Crippen molar-refractivity contribution in [2.75, 3.05) is 0 Å². The largest absolute Gasteiger partial charge is 0.361 e. The van der Waals surface area contributed by atoms with Crippen molar-refractivity contribution >= 4 is 5.57 Å². The number of hydrogen-bond donors (Lipinski definition) is 1. The lowest BCUT2D eigenvalue weighted by molar-refractivity contribution is 1.34. The minimum atomic E-state index is 0.959. The topological polar surface area (TPSA) is 15.8 Å². The SMILES string of the molecule is CC1=[C]CC=C1c1ccc[nH]1. The van der Waals surface area contributed by atoms with Gasteiger partial charge in [0.1, 0.15) is 0 Å². The second-order valence-corrected chi connectivity index (χ2v) is 2.71. The van der Waals surface area contributed by atoms with Crippen LogP contribution in [0.2, 0.25) is 0 Å². The molecule has 0 unspecified atom stereocenters. The monoisotopic (exact) mass is 144 g/mol.